The molecule has 2 heterocycles. The predicted octanol–water partition coefficient (Wildman–Crippen LogP) is 2.55. The Labute approximate surface area is 137 Å². The van der Waals surface area contributed by atoms with Crippen molar-refractivity contribution in [2.75, 3.05) is 20.8 Å². The van der Waals surface area contributed by atoms with Crippen molar-refractivity contribution in [3.8, 4) is 0 Å². The van der Waals surface area contributed by atoms with Crippen LogP contribution in [0.4, 0.5) is 0 Å². The zero-order chi connectivity index (χ0) is 16.6. The van der Waals surface area contributed by atoms with Crippen molar-refractivity contribution in [1.29, 1.82) is 0 Å². The summed E-state index contributed by atoms with van der Waals surface area (Å²) in [7, 11) is 3.39. The summed E-state index contributed by atoms with van der Waals surface area (Å²) in [4.78, 5) is 15.0. The lowest BCUT2D eigenvalue weighted by atomic mass is 9.71. The Morgan fingerprint density at radius 2 is 2.22 bits per heavy atom. The van der Waals surface area contributed by atoms with E-state index in [-0.39, 0.29) is 17.4 Å². The molecular formula is C17H26N2O4. The summed E-state index contributed by atoms with van der Waals surface area (Å²) in [6.45, 7) is 5.21. The lowest BCUT2D eigenvalue weighted by Crippen LogP contribution is -2.46. The Kier molecular flexibility index (Phi) is 4.47. The number of rotatable bonds is 4. The molecule has 6 heteroatoms. The van der Waals surface area contributed by atoms with E-state index in [1.165, 1.54) is 0 Å². The van der Waals surface area contributed by atoms with Gasteiger partial charge in [-0.2, -0.15) is 0 Å². The van der Waals surface area contributed by atoms with Crippen molar-refractivity contribution in [2.45, 2.75) is 58.3 Å². The highest BCUT2D eigenvalue weighted by atomic mass is 16.5. The summed E-state index contributed by atoms with van der Waals surface area (Å²) in [5, 5.41) is 4.00. The number of ether oxygens (including phenoxy) is 2. The molecule has 0 aromatic carbocycles. The molecule has 1 saturated heterocycles. The highest BCUT2D eigenvalue weighted by Gasteiger charge is 2.50. The van der Waals surface area contributed by atoms with Gasteiger partial charge in [0.25, 0.3) is 5.91 Å². The van der Waals surface area contributed by atoms with E-state index in [1.807, 2.05) is 11.8 Å². The second-order valence-corrected chi connectivity index (χ2v) is 7.06. The van der Waals surface area contributed by atoms with E-state index in [4.69, 9.17) is 14.0 Å². The number of methoxy groups -OCH3 is 2. The molecule has 1 aromatic heterocycles. The van der Waals surface area contributed by atoms with Gasteiger partial charge in [-0.1, -0.05) is 12.1 Å². The van der Waals surface area contributed by atoms with E-state index in [0.717, 1.165) is 37.8 Å². The maximum atomic E-state index is 13.0. The second kappa shape index (κ2) is 6.24. The monoisotopic (exact) mass is 322 g/mol. The van der Waals surface area contributed by atoms with Crippen LogP contribution in [-0.4, -0.2) is 48.9 Å². The zero-order valence-corrected chi connectivity index (χ0v) is 14.4. The number of fused-ring (bicyclic) bond motifs is 1. The molecular weight excluding hydrogens is 296 g/mol. The van der Waals surface area contributed by atoms with E-state index >= 15 is 0 Å². The van der Waals surface area contributed by atoms with Crippen LogP contribution in [0.1, 0.15) is 54.4 Å². The van der Waals surface area contributed by atoms with Gasteiger partial charge >= 0.3 is 0 Å². The minimum atomic E-state index is -0.0292. The van der Waals surface area contributed by atoms with E-state index in [0.29, 0.717) is 24.2 Å². The van der Waals surface area contributed by atoms with Crippen molar-refractivity contribution in [3.05, 3.63) is 17.0 Å². The quantitative estimate of drug-likeness (QED) is 0.852. The summed E-state index contributed by atoms with van der Waals surface area (Å²) in [5.74, 6) is 0.624. The third kappa shape index (κ3) is 2.78. The van der Waals surface area contributed by atoms with Crippen molar-refractivity contribution in [1.82, 2.24) is 10.1 Å². The molecule has 128 valence electrons. The molecule has 2 aliphatic rings. The Balaban J connectivity index is 1.82. The number of likely N-dealkylation sites (tertiary alicyclic amines) is 1. The number of aryl methyl sites for hydroxylation is 1. The highest BCUT2D eigenvalue weighted by molar-refractivity contribution is 5.94. The minimum Gasteiger partial charge on any atom is -0.381 e. The average Bonchev–Trinajstić information content (AvgIpc) is 3.07. The van der Waals surface area contributed by atoms with Crippen molar-refractivity contribution in [3.63, 3.8) is 0 Å². The molecule has 1 saturated carbocycles. The summed E-state index contributed by atoms with van der Waals surface area (Å²) in [6, 6.07) is 0.258. The first-order valence-corrected chi connectivity index (χ1v) is 8.28. The standard InChI is InChI=1S/C17H26N2O4/c1-11-13(10-21-3)15(18-23-11)16(20)19-8-7-17(2)9-12(22-4)5-6-14(17)19/h12,14H,5-10H2,1-4H3/t12-,14-,17+/m1/s1. The van der Waals surface area contributed by atoms with E-state index in [1.54, 1.807) is 14.2 Å². The van der Waals surface area contributed by atoms with Gasteiger partial charge in [-0.05, 0) is 38.0 Å². The Morgan fingerprint density at radius 1 is 1.43 bits per heavy atom. The van der Waals surface area contributed by atoms with Gasteiger partial charge < -0.3 is 18.9 Å². The lowest BCUT2D eigenvalue weighted by molar-refractivity contribution is -0.00299. The van der Waals surface area contributed by atoms with Gasteiger partial charge in [-0.3, -0.25) is 4.79 Å². The molecule has 1 aromatic rings. The Morgan fingerprint density at radius 3 is 2.91 bits per heavy atom. The molecule has 3 atom stereocenters. The maximum Gasteiger partial charge on any atom is 0.276 e. The molecule has 6 nitrogen and oxygen atoms in total. The first-order valence-electron chi connectivity index (χ1n) is 8.28. The highest BCUT2D eigenvalue weighted by Crippen LogP contribution is 2.47. The Bertz CT molecular complexity index is 585. The van der Waals surface area contributed by atoms with Gasteiger partial charge in [0.1, 0.15) is 5.76 Å². The molecule has 0 unspecified atom stereocenters. The van der Waals surface area contributed by atoms with Gasteiger partial charge in [-0.15, -0.1) is 0 Å². The van der Waals surface area contributed by atoms with Gasteiger partial charge in [0.2, 0.25) is 0 Å². The Hall–Kier alpha value is -1.40. The maximum absolute atomic E-state index is 13.0. The van der Waals surface area contributed by atoms with Gasteiger partial charge in [0.15, 0.2) is 5.69 Å². The topological polar surface area (TPSA) is 64.8 Å². The van der Waals surface area contributed by atoms with Crippen LogP contribution in [0.2, 0.25) is 0 Å². The smallest absolute Gasteiger partial charge is 0.276 e. The van der Waals surface area contributed by atoms with E-state index in [2.05, 4.69) is 12.1 Å². The summed E-state index contributed by atoms with van der Waals surface area (Å²) in [6.07, 6.45) is 4.32. The number of carbonyl (C=O) groups excluding carboxylic acids is 1. The molecule has 0 spiro atoms. The molecule has 1 aliphatic carbocycles. The van der Waals surface area contributed by atoms with Crippen molar-refractivity contribution >= 4 is 5.91 Å². The van der Waals surface area contributed by atoms with Crippen LogP contribution < -0.4 is 0 Å². The molecule has 0 radical (unpaired) electrons. The predicted molar refractivity (Wildman–Crippen MR) is 84.1 cm³/mol. The normalized spacial score (nSPS) is 30.5. The number of carbonyl (C=O) groups is 1. The third-order valence-corrected chi connectivity index (χ3v) is 5.63. The van der Waals surface area contributed by atoms with Crippen molar-refractivity contribution < 1.29 is 18.8 Å². The van der Waals surface area contributed by atoms with Crippen LogP contribution in [0, 0.1) is 12.3 Å². The van der Waals surface area contributed by atoms with E-state index in [9.17, 15) is 4.79 Å². The first kappa shape index (κ1) is 16.5. The van der Waals surface area contributed by atoms with Crippen LogP contribution in [0.15, 0.2) is 4.52 Å². The molecule has 2 fully saturated rings. The minimum absolute atomic E-state index is 0.0292. The van der Waals surface area contributed by atoms with Gasteiger partial charge in [0.05, 0.1) is 18.3 Å². The van der Waals surface area contributed by atoms with Crippen LogP contribution in [0.5, 0.6) is 0 Å². The van der Waals surface area contributed by atoms with Crippen LogP contribution >= 0.6 is 0 Å². The largest absolute Gasteiger partial charge is 0.381 e. The molecule has 3 rings (SSSR count). The summed E-state index contributed by atoms with van der Waals surface area (Å²) < 4.78 is 16.0. The lowest BCUT2D eigenvalue weighted by Gasteiger charge is -2.42. The first-order chi connectivity index (χ1) is 11.0. The fraction of sp³-hybridized carbons (Fsp3) is 0.765. The zero-order valence-electron chi connectivity index (χ0n) is 14.4. The molecule has 23 heavy (non-hydrogen) atoms. The molecule has 1 aliphatic heterocycles. The number of nitrogens with zero attached hydrogens (tertiary/aromatic N) is 2. The van der Waals surface area contributed by atoms with Gasteiger partial charge in [-0.25, -0.2) is 0 Å². The van der Waals surface area contributed by atoms with E-state index < -0.39 is 0 Å². The van der Waals surface area contributed by atoms with Crippen LogP contribution in [0.25, 0.3) is 0 Å². The second-order valence-electron chi connectivity index (χ2n) is 7.06. The van der Waals surface area contributed by atoms with Gasteiger partial charge in [0, 0.05) is 26.8 Å². The summed E-state index contributed by atoms with van der Waals surface area (Å²) in [5.41, 5.74) is 1.30. The number of amides is 1. The SMILES string of the molecule is COCc1c(C(=O)N2CC[C@@]3(C)C[C@H](OC)CC[C@@H]23)noc1C. The number of hydrogen-bond acceptors (Lipinski definition) is 5. The van der Waals surface area contributed by atoms with Crippen molar-refractivity contribution in [2.24, 2.45) is 5.41 Å². The number of hydrogen-bond donors (Lipinski definition) is 0. The molecule has 0 bridgehead atoms. The molecule has 0 N–H and O–H groups in total. The third-order valence-electron chi connectivity index (χ3n) is 5.63. The fourth-order valence-corrected chi connectivity index (χ4v) is 4.24. The fourth-order valence-electron chi connectivity index (χ4n) is 4.24. The average molecular weight is 322 g/mol. The molecule has 1 amide bonds. The number of aromatic nitrogens is 1. The van der Waals surface area contributed by atoms with Crippen LogP contribution in [-0.2, 0) is 16.1 Å². The van der Waals surface area contributed by atoms with Crippen LogP contribution in [0.3, 0.4) is 0 Å². The summed E-state index contributed by atoms with van der Waals surface area (Å²) >= 11 is 0.